The molecule has 3 aliphatic rings. The number of amides is 1. The van der Waals surface area contributed by atoms with Crippen LogP contribution in [0.15, 0.2) is 52.7 Å². The molecule has 4 nitrogen and oxygen atoms in total. The minimum absolute atomic E-state index is 0.0311. The van der Waals surface area contributed by atoms with Crippen molar-refractivity contribution >= 4 is 38.8 Å². The molecule has 0 spiro atoms. The highest BCUT2D eigenvalue weighted by Gasteiger charge is 2.57. The summed E-state index contributed by atoms with van der Waals surface area (Å²) in [4.78, 5) is 21.9. The van der Waals surface area contributed by atoms with Gasteiger partial charge in [0, 0.05) is 16.5 Å². The molecule has 3 fully saturated rings. The molecule has 1 N–H and O–H groups in total. The molecule has 0 aliphatic heterocycles. The Balaban J connectivity index is 1.29. The second-order valence-electron chi connectivity index (χ2n) is 8.26. The predicted octanol–water partition coefficient (Wildman–Crippen LogP) is 5.29. The van der Waals surface area contributed by atoms with Crippen LogP contribution in [0.1, 0.15) is 40.9 Å². The molecule has 4 aromatic rings. The van der Waals surface area contributed by atoms with Gasteiger partial charge >= 0.3 is 0 Å². The molecule has 3 aromatic heterocycles. The zero-order chi connectivity index (χ0) is 19.4. The van der Waals surface area contributed by atoms with Crippen LogP contribution in [0.4, 0.5) is 0 Å². The van der Waals surface area contributed by atoms with E-state index in [1.165, 1.54) is 5.56 Å². The van der Waals surface area contributed by atoms with Crippen LogP contribution in [0.5, 0.6) is 0 Å². The van der Waals surface area contributed by atoms with Crippen LogP contribution in [0, 0.1) is 5.92 Å². The Kier molecular flexibility index (Phi) is 3.86. The summed E-state index contributed by atoms with van der Waals surface area (Å²) >= 11 is 3.29. The van der Waals surface area contributed by atoms with Crippen molar-refractivity contribution in [2.24, 2.45) is 5.92 Å². The number of fused-ring (bicyclic) bond motifs is 1. The summed E-state index contributed by atoms with van der Waals surface area (Å²) in [6, 6.07) is 12.5. The molecule has 1 amide bonds. The molecule has 6 heteroatoms. The largest absolute Gasteiger partial charge is 0.345 e. The monoisotopic (exact) mass is 417 g/mol. The molecule has 144 valence electrons. The van der Waals surface area contributed by atoms with Gasteiger partial charge in [-0.25, -0.2) is 9.97 Å². The first-order valence-corrected chi connectivity index (χ1v) is 11.7. The van der Waals surface area contributed by atoms with Crippen LogP contribution in [0.3, 0.4) is 0 Å². The summed E-state index contributed by atoms with van der Waals surface area (Å²) in [5.41, 5.74) is 7.89. The van der Waals surface area contributed by atoms with Crippen molar-refractivity contribution in [1.82, 2.24) is 15.3 Å². The number of hydrogen-bond acceptors (Lipinski definition) is 5. The Morgan fingerprint density at radius 1 is 1.17 bits per heavy atom. The molecule has 2 bridgehead atoms. The second kappa shape index (κ2) is 6.47. The Bertz CT molecular complexity index is 1190. The Labute approximate surface area is 176 Å². The van der Waals surface area contributed by atoms with E-state index in [0.29, 0.717) is 5.69 Å². The van der Waals surface area contributed by atoms with Crippen LogP contribution >= 0.6 is 22.7 Å². The zero-order valence-corrected chi connectivity index (χ0v) is 17.4. The van der Waals surface area contributed by atoms with Crippen LogP contribution in [-0.4, -0.2) is 21.4 Å². The maximum absolute atomic E-state index is 12.8. The van der Waals surface area contributed by atoms with Gasteiger partial charge in [-0.3, -0.25) is 4.79 Å². The first-order chi connectivity index (χ1) is 14.2. The molecular weight excluding hydrogens is 398 g/mol. The van der Waals surface area contributed by atoms with E-state index in [9.17, 15) is 4.79 Å². The maximum atomic E-state index is 12.8. The van der Waals surface area contributed by atoms with E-state index in [2.05, 4.69) is 50.3 Å². The minimum Gasteiger partial charge on any atom is -0.345 e. The number of pyridine rings is 1. The zero-order valence-electron chi connectivity index (χ0n) is 15.7. The van der Waals surface area contributed by atoms with E-state index in [0.717, 1.165) is 58.6 Å². The van der Waals surface area contributed by atoms with Crippen molar-refractivity contribution in [3.8, 4) is 11.3 Å². The van der Waals surface area contributed by atoms with Crippen LogP contribution in [-0.2, 0) is 6.42 Å². The number of thiazole rings is 1. The van der Waals surface area contributed by atoms with E-state index < -0.39 is 0 Å². The van der Waals surface area contributed by atoms with Crippen molar-refractivity contribution in [2.45, 2.75) is 31.2 Å². The first-order valence-electron chi connectivity index (χ1n) is 9.85. The topological polar surface area (TPSA) is 54.9 Å². The Morgan fingerprint density at radius 2 is 2.00 bits per heavy atom. The van der Waals surface area contributed by atoms with Crippen LogP contribution < -0.4 is 5.32 Å². The van der Waals surface area contributed by atoms with Crippen molar-refractivity contribution in [3.05, 3.63) is 69.5 Å². The minimum atomic E-state index is -0.0311. The molecule has 0 radical (unpaired) electrons. The van der Waals surface area contributed by atoms with Crippen molar-refractivity contribution in [3.63, 3.8) is 0 Å². The van der Waals surface area contributed by atoms with Gasteiger partial charge in [0.25, 0.3) is 5.91 Å². The lowest BCUT2D eigenvalue weighted by Gasteiger charge is -2.61. The molecule has 3 aliphatic carbocycles. The average molecular weight is 418 g/mol. The highest BCUT2D eigenvalue weighted by Crippen LogP contribution is 2.57. The predicted molar refractivity (Wildman–Crippen MR) is 118 cm³/mol. The number of nitrogens with zero attached hydrogens (tertiary/aromatic N) is 2. The number of carbonyl (C=O) groups is 1. The van der Waals surface area contributed by atoms with Crippen LogP contribution in [0.25, 0.3) is 21.5 Å². The van der Waals surface area contributed by atoms with Gasteiger partial charge in [0.1, 0.15) is 5.69 Å². The molecule has 3 heterocycles. The highest BCUT2D eigenvalue weighted by atomic mass is 32.1. The lowest BCUT2D eigenvalue weighted by Crippen LogP contribution is -2.68. The van der Waals surface area contributed by atoms with E-state index in [1.54, 1.807) is 22.7 Å². The number of nitrogens with one attached hydrogen (secondary N) is 1. The molecular formula is C23H19N3OS2. The Morgan fingerprint density at radius 3 is 2.69 bits per heavy atom. The second-order valence-corrected chi connectivity index (χ2v) is 9.90. The molecule has 29 heavy (non-hydrogen) atoms. The third-order valence-corrected chi connectivity index (χ3v) is 7.78. The summed E-state index contributed by atoms with van der Waals surface area (Å²) in [6.45, 7) is 0. The number of thiophene rings is 1. The van der Waals surface area contributed by atoms with Crippen molar-refractivity contribution < 1.29 is 4.79 Å². The van der Waals surface area contributed by atoms with E-state index >= 15 is 0 Å². The molecule has 7 rings (SSSR count). The lowest BCUT2D eigenvalue weighted by atomic mass is 9.50. The molecule has 0 unspecified atom stereocenters. The fourth-order valence-corrected chi connectivity index (χ4v) is 5.99. The SMILES string of the molecule is O=C(NC12CC(C1)C2)c1cc(Cc2ccc(-c3cscn3)cc2)c2sccc2n1. The van der Waals surface area contributed by atoms with Gasteiger partial charge in [0.05, 0.1) is 21.4 Å². The average Bonchev–Trinajstić information content (AvgIpc) is 3.35. The summed E-state index contributed by atoms with van der Waals surface area (Å²) in [5.74, 6) is 0.807. The standard InChI is InChI=1S/C23H19N3OS2/c27-22(26-23-9-15(10-23)11-23)19-8-17(21-18(25-19)5-6-29-21)7-14-1-3-16(4-2-14)20-12-28-13-24-20/h1-6,8,12-13,15H,7,9-11H2,(H,26,27). The summed E-state index contributed by atoms with van der Waals surface area (Å²) < 4.78 is 1.16. The maximum Gasteiger partial charge on any atom is 0.270 e. The van der Waals surface area contributed by atoms with Crippen molar-refractivity contribution in [2.75, 3.05) is 0 Å². The van der Waals surface area contributed by atoms with Gasteiger partial charge in [0.15, 0.2) is 0 Å². The van der Waals surface area contributed by atoms with E-state index in [1.807, 2.05) is 17.6 Å². The van der Waals surface area contributed by atoms with Crippen molar-refractivity contribution in [1.29, 1.82) is 0 Å². The fourth-order valence-electron chi connectivity index (χ4n) is 4.58. The number of rotatable bonds is 5. The van der Waals surface area contributed by atoms with Crippen LogP contribution in [0.2, 0.25) is 0 Å². The smallest absolute Gasteiger partial charge is 0.270 e. The molecule has 0 atom stereocenters. The summed E-state index contributed by atoms with van der Waals surface area (Å²) in [5, 5.41) is 7.35. The summed E-state index contributed by atoms with van der Waals surface area (Å²) in [7, 11) is 0. The summed E-state index contributed by atoms with van der Waals surface area (Å²) in [6.07, 6.45) is 4.19. The number of hydrogen-bond donors (Lipinski definition) is 1. The quantitative estimate of drug-likeness (QED) is 0.480. The first kappa shape index (κ1) is 17.3. The molecule has 1 aromatic carbocycles. The van der Waals surface area contributed by atoms with Gasteiger partial charge in [0.2, 0.25) is 0 Å². The Hall–Kier alpha value is -2.57. The number of aromatic nitrogens is 2. The van der Waals surface area contributed by atoms with Gasteiger partial charge in [-0.15, -0.1) is 22.7 Å². The molecule has 0 saturated heterocycles. The highest BCUT2D eigenvalue weighted by molar-refractivity contribution is 7.17. The van der Waals surface area contributed by atoms with Gasteiger partial charge in [-0.2, -0.15) is 0 Å². The van der Waals surface area contributed by atoms with Gasteiger partial charge < -0.3 is 5.32 Å². The number of benzene rings is 1. The van der Waals surface area contributed by atoms with E-state index in [-0.39, 0.29) is 11.4 Å². The van der Waals surface area contributed by atoms with Gasteiger partial charge in [-0.1, -0.05) is 24.3 Å². The third-order valence-electron chi connectivity index (χ3n) is 6.21. The van der Waals surface area contributed by atoms with E-state index in [4.69, 9.17) is 0 Å². The lowest BCUT2D eigenvalue weighted by molar-refractivity contribution is -0.0439. The van der Waals surface area contributed by atoms with Gasteiger partial charge in [-0.05, 0) is 60.2 Å². The third kappa shape index (κ3) is 2.98. The fraction of sp³-hybridized carbons (Fsp3) is 0.261. The normalized spacial score (nSPS) is 22.1. The number of carbonyl (C=O) groups excluding carboxylic acids is 1. The molecule has 3 saturated carbocycles.